The summed E-state index contributed by atoms with van der Waals surface area (Å²) in [5.74, 6) is 0.465. The van der Waals surface area contributed by atoms with Crippen molar-refractivity contribution in [3.63, 3.8) is 0 Å². The molecule has 0 bridgehead atoms. The van der Waals surface area contributed by atoms with Gasteiger partial charge >= 0.3 is 0 Å². The summed E-state index contributed by atoms with van der Waals surface area (Å²) in [7, 11) is 1.55. The molecule has 1 heterocycles. The van der Waals surface area contributed by atoms with Crippen LogP contribution in [-0.4, -0.2) is 30.8 Å². The molecule has 2 N–H and O–H groups in total. The summed E-state index contributed by atoms with van der Waals surface area (Å²) in [4.78, 5) is 13.4. The maximum absolute atomic E-state index is 11.8. The van der Waals surface area contributed by atoms with Crippen molar-refractivity contribution in [2.75, 3.05) is 13.7 Å². The Balaban J connectivity index is 2.58. The number of carbonyl (C=O) groups excluding carboxylic acids is 1. The first-order valence-electron chi connectivity index (χ1n) is 5.15. The molecule has 5 heteroatoms. The first-order chi connectivity index (χ1) is 7.54. The smallest absolute Gasteiger partial charge is 0.265 e. The molecule has 0 saturated heterocycles. The molecule has 16 heavy (non-hydrogen) atoms. The van der Waals surface area contributed by atoms with Gasteiger partial charge in [-0.25, -0.2) is 0 Å². The molecule has 0 aliphatic carbocycles. The average Bonchev–Trinajstić information content (AvgIpc) is 2.59. The Labute approximate surface area is 99.2 Å². The van der Waals surface area contributed by atoms with E-state index in [2.05, 4.69) is 5.32 Å². The Morgan fingerprint density at radius 3 is 2.94 bits per heavy atom. The van der Waals surface area contributed by atoms with Crippen LogP contribution in [-0.2, 0) is 0 Å². The highest BCUT2D eigenvalue weighted by molar-refractivity contribution is 7.14. The first kappa shape index (κ1) is 13.0. The third-order valence-electron chi connectivity index (χ3n) is 2.10. The minimum Gasteiger partial charge on any atom is -0.495 e. The maximum atomic E-state index is 11.8. The zero-order valence-electron chi connectivity index (χ0n) is 9.74. The van der Waals surface area contributed by atoms with Crippen molar-refractivity contribution in [2.24, 2.45) is 0 Å². The lowest BCUT2D eigenvalue weighted by molar-refractivity contribution is 0.0947. The Bertz CT molecular complexity index is 360. The van der Waals surface area contributed by atoms with Crippen LogP contribution in [0.4, 0.5) is 0 Å². The third kappa shape index (κ3) is 3.50. The van der Waals surface area contributed by atoms with Crippen LogP contribution in [0.25, 0.3) is 0 Å². The molecule has 1 unspecified atom stereocenters. The van der Waals surface area contributed by atoms with Gasteiger partial charge in [-0.1, -0.05) is 0 Å². The van der Waals surface area contributed by atoms with Gasteiger partial charge in [-0.2, -0.15) is 0 Å². The quantitative estimate of drug-likeness (QED) is 0.825. The summed E-state index contributed by atoms with van der Waals surface area (Å²) >= 11 is 1.41. The van der Waals surface area contributed by atoms with Crippen molar-refractivity contribution < 1.29 is 14.6 Å². The zero-order chi connectivity index (χ0) is 12.1. The van der Waals surface area contributed by atoms with Crippen molar-refractivity contribution in [3.05, 3.63) is 15.8 Å². The van der Waals surface area contributed by atoms with Gasteiger partial charge in [0.15, 0.2) is 0 Å². The number of thiophene rings is 1. The van der Waals surface area contributed by atoms with Crippen molar-refractivity contribution >= 4 is 17.2 Å². The summed E-state index contributed by atoms with van der Waals surface area (Å²) < 4.78 is 5.11. The van der Waals surface area contributed by atoms with Crippen molar-refractivity contribution in [1.29, 1.82) is 0 Å². The average molecular weight is 243 g/mol. The van der Waals surface area contributed by atoms with Crippen molar-refractivity contribution in [1.82, 2.24) is 5.32 Å². The molecule has 1 aromatic heterocycles. The molecule has 1 aromatic rings. The second-order valence-corrected chi connectivity index (χ2v) is 4.90. The van der Waals surface area contributed by atoms with E-state index in [0.717, 1.165) is 4.88 Å². The highest BCUT2D eigenvalue weighted by Crippen LogP contribution is 2.28. The minimum atomic E-state index is -0.396. The fraction of sp³-hybridized carbons (Fsp3) is 0.545. The molecule has 0 fully saturated rings. The highest BCUT2D eigenvalue weighted by Gasteiger charge is 2.15. The van der Waals surface area contributed by atoms with E-state index >= 15 is 0 Å². The van der Waals surface area contributed by atoms with Gasteiger partial charge in [0.25, 0.3) is 5.91 Å². The number of amides is 1. The number of carbonyl (C=O) groups is 1. The van der Waals surface area contributed by atoms with Gasteiger partial charge in [-0.05, 0) is 26.3 Å². The van der Waals surface area contributed by atoms with Crippen LogP contribution < -0.4 is 10.1 Å². The fourth-order valence-corrected chi connectivity index (χ4v) is 2.17. The number of nitrogens with one attached hydrogen (secondary N) is 1. The molecule has 0 aromatic carbocycles. The third-order valence-corrected chi connectivity index (χ3v) is 3.13. The van der Waals surface area contributed by atoms with E-state index in [1.807, 2.05) is 13.0 Å². The first-order valence-corrected chi connectivity index (χ1v) is 5.97. The van der Waals surface area contributed by atoms with Gasteiger partial charge < -0.3 is 15.2 Å². The van der Waals surface area contributed by atoms with Crippen LogP contribution in [0.1, 0.15) is 27.9 Å². The second-order valence-electron chi connectivity index (χ2n) is 3.65. The van der Waals surface area contributed by atoms with Crippen LogP contribution >= 0.6 is 11.3 Å². The van der Waals surface area contributed by atoms with E-state index in [4.69, 9.17) is 9.84 Å². The van der Waals surface area contributed by atoms with Crippen molar-refractivity contribution in [3.8, 4) is 5.75 Å². The number of rotatable bonds is 5. The molecule has 4 nitrogen and oxygen atoms in total. The molecule has 1 atom stereocenters. The van der Waals surface area contributed by atoms with Crippen LogP contribution in [0.2, 0.25) is 0 Å². The maximum Gasteiger partial charge on any atom is 0.265 e. The Kier molecular flexibility index (Phi) is 4.76. The van der Waals surface area contributed by atoms with Crippen LogP contribution in [0.5, 0.6) is 5.75 Å². The summed E-state index contributed by atoms with van der Waals surface area (Å²) in [6.07, 6.45) is 0.158. The van der Waals surface area contributed by atoms with E-state index in [9.17, 15) is 4.79 Å². The Morgan fingerprint density at radius 2 is 2.38 bits per heavy atom. The van der Waals surface area contributed by atoms with Crippen molar-refractivity contribution in [2.45, 2.75) is 26.4 Å². The molecular weight excluding hydrogens is 226 g/mol. The SMILES string of the molecule is COc1cc(C)sc1C(=O)NCCC(C)O. The molecule has 0 saturated carbocycles. The van der Waals surface area contributed by atoms with Gasteiger partial charge in [0, 0.05) is 11.4 Å². The van der Waals surface area contributed by atoms with E-state index < -0.39 is 6.10 Å². The highest BCUT2D eigenvalue weighted by atomic mass is 32.1. The van der Waals surface area contributed by atoms with E-state index in [1.54, 1.807) is 14.0 Å². The molecular formula is C11H17NO3S. The molecule has 1 rings (SSSR count). The largest absolute Gasteiger partial charge is 0.495 e. The zero-order valence-corrected chi connectivity index (χ0v) is 10.6. The van der Waals surface area contributed by atoms with Crippen LogP contribution in [0.15, 0.2) is 6.07 Å². The van der Waals surface area contributed by atoms with Gasteiger partial charge in [0.05, 0.1) is 13.2 Å². The lowest BCUT2D eigenvalue weighted by Gasteiger charge is -2.06. The lowest BCUT2D eigenvalue weighted by Crippen LogP contribution is -2.26. The predicted molar refractivity (Wildman–Crippen MR) is 64.2 cm³/mol. The van der Waals surface area contributed by atoms with Gasteiger partial charge in [-0.3, -0.25) is 4.79 Å². The molecule has 0 spiro atoms. The number of aryl methyl sites for hydroxylation is 1. The summed E-state index contributed by atoms with van der Waals surface area (Å²) in [5, 5.41) is 11.8. The monoisotopic (exact) mass is 243 g/mol. The molecule has 0 radical (unpaired) electrons. The number of hydrogen-bond acceptors (Lipinski definition) is 4. The second kappa shape index (κ2) is 5.86. The molecule has 0 aliphatic heterocycles. The minimum absolute atomic E-state index is 0.143. The summed E-state index contributed by atoms with van der Waals surface area (Å²) in [6.45, 7) is 4.10. The van der Waals surface area contributed by atoms with Crippen LogP contribution in [0.3, 0.4) is 0 Å². The lowest BCUT2D eigenvalue weighted by atomic mass is 10.3. The fourth-order valence-electron chi connectivity index (χ4n) is 1.28. The number of ether oxygens (including phenoxy) is 1. The number of aliphatic hydroxyl groups is 1. The topological polar surface area (TPSA) is 58.6 Å². The summed E-state index contributed by atoms with van der Waals surface area (Å²) in [6, 6.07) is 1.84. The standard InChI is InChI=1S/C11H17NO3S/c1-7(13)4-5-12-11(14)10-9(15-3)6-8(2)16-10/h6-7,13H,4-5H2,1-3H3,(H,12,14). The predicted octanol–water partition coefficient (Wildman–Crippen LogP) is 1.57. The van der Waals surface area contributed by atoms with Gasteiger partial charge in [0.2, 0.25) is 0 Å². The van der Waals surface area contributed by atoms with Crippen LogP contribution in [0, 0.1) is 6.92 Å². The number of methoxy groups -OCH3 is 1. The summed E-state index contributed by atoms with van der Waals surface area (Å²) in [5.41, 5.74) is 0. The van der Waals surface area contributed by atoms with Gasteiger partial charge in [0.1, 0.15) is 10.6 Å². The van der Waals surface area contributed by atoms with E-state index in [-0.39, 0.29) is 5.91 Å². The number of aliphatic hydroxyl groups excluding tert-OH is 1. The number of hydrogen-bond donors (Lipinski definition) is 2. The Morgan fingerprint density at radius 1 is 1.69 bits per heavy atom. The Hall–Kier alpha value is -1.07. The van der Waals surface area contributed by atoms with E-state index in [1.165, 1.54) is 11.3 Å². The van der Waals surface area contributed by atoms with E-state index in [0.29, 0.717) is 23.6 Å². The molecule has 1 amide bonds. The normalized spacial score (nSPS) is 12.2. The molecule has 0 aliphatic rings. The molecule has 90 valence electrons. The van der Waals surface area contributed by atoms with Gasteiger partial charge in [-0.15, -0.1) is 11.3 Å².